The molecule has 2 saturated heterocycles. The average Bonchev–Trinajstić information content (AvgIpc) is 3.24. The van der Waals surface area contributed by atoms with Crippen LogP contribution in [0.2, 0.25) is 0 Å². The van der Waals surface area contributed by atoms with Crippen molar-refractivity contribution in [3.8, 4) is 11.3 Å². The van der Waals surface area contributed by atoms with Crippen LogP contribution in [0.5, 0.6) is 0 Å². The molecular formula is C21H27N3O3. The summed E-state index contributed by atoms with van der Waals surface area (Å²) in [5.74, 6) is 1.02. The highest BCUT2D eigenvalue weighted by atomic mass is 16.5. The van der Waals surface area contributed by atoms with Crippen molar-refractivity contribution in [3.05, 3.63) is 42.1 Å². The van der Waals surface area contributed by atoms with E-state index in [0.717, 1.165) is 57.4 Å². The minimum Gasteiger partial charge on any atom is -0.396 e. The van der Waals surface area contributed by atoms with Crippen LogP contribution >= 0.6 is 0 Å². The first-order chi connectivity index (χ1) is 13.2. The third-order valence-corrected chi connectivity index (χ3v) is 5.90. The van der Waals surface area contributed by atoms with Crippen LogP contribution in [0.15, 0.2) is 40.9 Å². The summed E-state index contributed by atoms with van der Waals surface area (Å²) in [6, 6.07) is 11.9. The largest absolute Gasteiger partial charge is 0.396 e. The standard InChI is InChI=1S/C21H27N3O3/c25-15-16-8-11-23(12-9-16)18-7-4-10-24(14-18)21(26)19-13-20(27-22-19)17-5-2-1-3-6-17/h1-3,5-6,13,16,18,25H,4,7-12,14-15H2. The lowest BCUT2D eigenvalue weighted by atomic mass is 9.94. The SMILES string of the molecule is O=C(c1cc(-c2ccccc2)on1)N1CCCC(N2CCC(CO)CC2)C1. The summed E-state index contributed by atoms with van der Waals surface area (Å²) in [4.78, 5) is 17.3. The van der Waals surface area contributed by atoms with E-state index < -0.39 is 0 Å². The van der Waals surface area contributed by atoms with Crippen LogP contribution in [0.25, 0.3) is 11.3 Å². The Hall–Kier alpha value is -2.18. The molecule has 4 rings (SSSR count). The Balaban J connectivity index is 1.40. The quantitative estimate of drug-likeness (QED) is 0.897. The number of rotatable bonds is 4. The van der Waals surface area contributed by atoms with Gasteiger partial charge in [-0.25, -0.2) is 0 Å². The summed E-state index contributed by atoms with van der Waals surface area (Å²) < 4.78 is 5.40. The second-order valence-electron chi connectivity index (χ2n) is 7.65. The van der Waals surface area contributed by atoms with Gasteiger partial charge in [-0.3, -0.25) is 9.69 Å². The molecule has 27 heavy (non-hydrogen) atoms. The van der Waals surface area contributed by atoms with E-state index in [1.165, 1.54) is 0 Å². The second-order valence-corrected chi connectivity index (χ2v) is 7.65. The molecule has 0 radical (unpaired) electrons. The summed E-state index contributed by atoms with van der Waals surface area (Å²) >= 11 is 0. The van der Waals surface area contributed by atoms with Crippen molar-refractivity contribution in [3.63, 3.8) is 0 Å². The second kappa shape index (κ2) is 8.23. The number of hydrogen-bond donors (Lipinski definition) is 1. The van der Waals surface area contributed by atoms with E-state index in [-0.39, 0.29) is 5.91 Å². The molecule has 2 aromatic rings. The monoisotopic (exact) mass is 369 g/mol. The van der Waals surface area contributed by atoms with E-state index in [9.17, 15) is 9.90 Å². The van der Waals surface area contributed by atoms with E-state index in [1.807, 2.05) is 35.2 Å². The Morgan fingerprint density at radius 2 is 1.93 bits per heavy atom. The van der Waals surface area contributed by atoms with Crippen LogP contribution < -0.4 is 0 Å². The zero-order valence-corrected chi connectivity index (χ0v) is 15.6. The molecule has 1 aromatic heterocycles. The lowest BCUT2D eigenvalue weighted by Gasteiger charge is -2.42. The van der Waals surface area contributed by atoms with Gasteiger partial charge in [0.25, 0.3) is 5.91 Å². The summed E-state index contributed by atoms with van der Waals surface area (Å²) in [6.07, 6.45) is 4.23. The third-order valence-electron chi connectivity index (χ3n) is 5.90. The Morgan fingerprint density at radius 1 is 1.15 bits per heavy atom. The number of aliphatic hydroxyl groups excluding tert-OH is 1. The Kier molecular flexibility index (Phi) is 5.55. The van der Waals surface area contributed by atoms with Gasteiger partial charge in [0.05, 0.1) is 0 Å². The number of likely N-dealkylation sites (tertiary alicyclic amines) is 2. The van der Waals surface area contributed by atoms with Crippen LogP contribution in [0.3, 0.4) is 0 Å². The molecule has 0 spiro atoms. The first-order valence-corrected chi connectivity index (χ1v) is 9.91. The average molecular weight is 369 g/mol. The van der Waals surface area contributed by atoms with Crippen LogP contribution in [0.1, 0.15) is 36.2 Å². The predicted molar refractivity (Wildman–Crippen MR) is 102 cm³/mol. The Labute approximate surface area is 159 Å². The number of hydrogen-bond acceptors (Lipinski definition) is 5. The zero-order valence-electron chi connectivity index (χ0n) is 15.6. The van der Waals surface area contributed by atoms with Crippen molar-refractivity contribution in [2.24, 2.45) is 5.92 Å². The highest BCUT2D eigenvalue weighted by molar-refractivity contribution is 5.93. The molecule has 2 aliphatic rings. The van der Waals surface area contributed by atoms with Crippen LogP contribution in [-0.4, -0.2) is 64.8 Å². The molecule has 6 nitrogen and oxygen atoms in total. The van der Waals surface area contributed by atoms with Gasteiger partial charge in [0.1, 0.15) is 0 Å². The summed E-state index contributed by atoms with van der Waals surface area (Å²) in [5, 5.41) is 13.3. The highest BCUT2D eigenvalue weighted by Crippen LogP contribution is 2.25. The fourth-order valence-electron chi connectivity index (χ4n) is 4.21. The maximum Gasteiger partial charge on any atom is 0.276 e. The van der Waals surface area contributed by atoms with Crippen LogP contribution in [0, 0.1) is 5.92 Å². The van der Waals surface area contributed by atoms with Gasteiger partial charge in [-0.2, -0.15) is 0 Å². The molecule has 0 saturated carbocycles. The van der Waals surface area contributed by atoms with Crippen molar-refractivity contribution >= 4 is 5.91 Å². The summed E-state index contributed by atoms with van der Waals surface area (Å²) in [7, 11) is 0. The number of benzene rings is 1. The van der Waals surface area contributed by atoms with Crippen LogP contribution in [-0.2, 0) is 0 Å². The Morgan fingerprint density at radius 3 is 2.67 bits per heavy atom. The predicted octanol–water partition coefficient (Wildman–Crippen LogP) is 2.65. The fraction of sp³-hybridized carbons (Fsp3) is 0.524. The van der Waals surface area contributed by atoms with Gasteiger partial charge in [0.15, 0.2) is 11.5 Å². The van der Waals surface area contributed by atoms with Gasteiger partial charge in [-0.15, -0.1) is 0 Å². The van der Waals surface area contributed by atoms with E-state index in [1.54, 1.807) is 6.07 Å². The molecule has 0 aliphatic carbocycles. The number of amides is 1. The van der Waals surface area contributed by atoms with Crippen LogP contribution in [0.4, 0.5) is 0 Å². The van der Waals surface area contributed by atoms with E-state index in [2.05, 4.69) is 10.1 Å². The third kappa shape index (κ3) is 4.06. The highest BCUT2D eigenvalue weighted by Gasteiger charge is 2.31. The van der Waals surface area contributed by atoms with Gasteiger partial charge in [0, 0.05) is 37.4 Å². The van der Waals surface area contributed by atoms with Gasteiger partial charge >= 0.3 is 0 Å². The smallest absolute Gasteiger partial charge is 0.276 e. The maximum absolute atomic E-state index is 12.9. The van der Waals surface area contributed by atoms with Gasteiger partial charge in [-0.1, -0.05) is 35.5 Å². The molecule has 3 heterocycles. The Bertz CT molecular complexity index is 753. The number of carbonyl (C=O) groups excluding carboxylic acids is 1. The molecule has 1 amide bonds. The lowest BCUT2D eigenvalue weighted by Crippen LogP contribution is -2.52. The molecule has 1 N–H and O–H groups in total. The first-order valence-electron chi connectivity index (χ1n) is 9.91. The van der Waals surface area contributed by atoms with Gasteiger partial charge < -0.3 is 14.5 Å². The van der Waals surface area contributed by atoms with Crippen molar-refractivity contribution in [2.45, 2.75) is 31.7 Å². The normalized spacial score (nSPS) is 22.1. The van der Waals surface area contributed by atoms with Gasteiger partial charge in [0.2, 0.25) is 0 Å². The van der Waals surface area contributed by atoms with Crippen molar-refractivity contribution in [2.75, 3.05) is 32.8 Å². The minimum absolute atomic E-state index is 0.0455. The summed E-state index contributed by atoms with van der Waals surface area (Å²) in [5.41, 5.74) is 1.31. The van der Waals surface area contributed by atoms with Crippen molar-refractivity contribution in [1.29, 1.82) is 0 Å². The number of carbonyl (C=O) groups is 1. The molecule has 1 aromatic carbocycles. The van der Waals surface area contributed by atoms with E-state index in [4.69, 9.17) is 4.52 Å². The topological polar surface area (TPSA) is 69.8 Å². The van der Waals surface area contributed by atoms with E-state index in [0.29, 0.717) is 30.0 Å². The van der Waals surface area contributed by atoms with Gasteiger partial charge in [-0.05, 0) is 44.7 Å². The molecule has 6 heteroatoms. The molecule has 1 unspecified atom stereocenters. The van der Waals surface area contributed by atoms with Crippen molar-refractivity contribution < 1.29 is 14.4 Å². The molecule has 2 aliphatic heterocycles. The first kappa shape index (κ1) is 18.2. The number of aliphatic hydroxyl groups is 1. The molecule has 1 atom stereocenters. The number of aromatic nitrogens is 1. The number of piperidine rings is 2. The minimum atomic E-state index is -0.0455. The zero-order chi connectivity index (χ0) is 18.6. The molecular weight excluding hydrogens is 342 g/mol. The lowest BCUT2D eigenvalue weighted by molar-refractivity contribution is 0.0439. The molecule has 2 fully saturated rings. The maximum atomic E-state index is 12.9. The van der Waals surface area contributed by atoms with E-state index >= 15 is 0 Å². The number of nitrogens with zero attached hydrogens (tertiary/aromatic N) is 3. The fourth-order valence-corrected chi connectivity index (χ4v) is 4.21. The molecule has 144 valence electrons. The molecule has 0 bridgehead atoms. The van der Waals surface area contributed by atoms with Crippen molar-refractivity contribution in [1.82, 2.24) is 15.0 Å². The summed E-state index contributed by atoms with van der Waals surface area (Å²) in [6.45, 7) is 3.84.